The van der Waals surface area contributed by atoms with Crippen molar-refractivity contribution in [1.82, 2.24) is 9.29 Å². The summed E-state index contributed by atoms with van der Waals surface area (Å²) >= 11 is 0. The lowest BCUT2D eigenvalue weighted by Crippen LogP contribution is -2.37. The van der Waals surface area contributed by atoms with Crippen LogP contribution in [0.1, 0.15) is 47.4 Å². The third kappa shape index (κ3) is 7.64. The molecule has 0 radical (unpaired) electrons. The number of carbonyl (C=O) groups excluding carboxylic acids is 1. The molecule has 0 aliphatic rings. The molecule has 0 saturated carbocycles. The Labute approximate surface area is 202 Å². The van der Waals surface area contributed by atoms with Crippen LogP contribution in [0, 0.1) is 5.95 Å². The number of amides is 1. The van der Waals surface area contributed by atoms with Crippen molar-refractivity contribution in [2.75, 3.05) is 6.61 Å². The molecule has 0 fully saturated rings. The number of furan rings is 1. The number of hydrogen-bond acceptors (Lipinski definition) is 7. The molecular formula is C24H25FN2O7S. The smallest absolute Gasteiger partial charge is 0.303 e. The van der Waals surface area contributed by atoms with Crippen LogP contribution in [0.2, 0.25) is 0 Å². The van der Waals surface area contributed by atoms with Crippen molar-refractivity contribution in [2.24, 2.45) is 0 Å². The van der Waals surface area contributed by atoms with Gasteiger partial charge < -0.3 is 14.3 Å². The van der Waals surface area contributed by atoms with Crippen LogP contribution in [0.3, 0.4) is 0 Å². The molecule has 0 spiro atoms. The van der Waals surface area contributed by atoms with Gasteiger partial charge in [0.2, 0.25) is 16.0 Å². The summed E-state index contributed by atoms with van der Waals surface area (Å²) in [5.74, 6) is -2.51. The number of aliphatic carboxylic acids is 1. The van der Waals surface area contributed by atoms with E-state index < -0.39 is 33.6 Å². The third-order valence-corrected chi connectivity index (χ3v) is 6.64. The van der Waals surface area contributed by atoms with Gasteiger partial charge in [-0.05, 0) is 49.6 Å². The van der Waals surface area contributed by atoms with Gasteiger partial charge in [0.15, 0.2) is 0 Å². The summed E-state index contributed by atoms with van der Waals surface area (Å²) < 4.78 is 51.4. The average Bonchev–Trinajstić information content (AvgIpc) is 3.32. The Hall–Kier alpha value is -3.73. The summed E-state index contributed by atoms with van der Waals surface area (Å²) in [7, 11) is -4.20. The lowest BCUT2D eigenvalue weighted by Gasteiger charge is -2.23. The van der Waals surface area contributed by atoms with Crippen molar-refractivity contribution in [2.45, 2.75) is 38.0 Å². The lowest BCUT2D eigenvalue weighted by molar-refractivity contribution is -0.137. The highest BCUT2D eigenvalue weighted by Crippen LogP contribution is 2.24. The molecule has 0 aliphatic carbocycles. The second-order valence-electron chi connectivity index (χ2n) is 7.68. The zero-order valence-corrected chi connectivity index (χ0v) is 19.6. The van der Waals surface area contributed by atoms with Gasteiger partial charge in [-0.3, -0.25) is 9.59 Å². The maximum atomic E-state index is 13.3. The number of sulfonamides is 1. The molecule has 1 amide bonds. The molecule has 35 heavy (non-hydrogen) atoms. The van der Waals surface area contributed by atoms with Gasteiger partial charge in [0, 0.05) is 18.2 Å². The summed E-state index contributed by atoms with van der Waals surface area (Å²) in [4.78, 5) is 27.3. The summed E-state index contributed by atoms with van der Waals surface area (Å²) in [5.41, 5.74) is 0.357. The zero-order chi connectivity index (χ0) is 25.3. The van der Waals surface area contributed by atoms with Crippen LogP contribution in [-0.2, 0) is 27.1 Å². The Morgan fingerprint density at radius 2 is 1.86 bits per heavy atom. The number of benzene rings is 1. The molecule has 0 aliphatic heterocycles. The topological polar surface area (TPSA) is 127 Å². The maximum Gasteiger partial charge on any atom is 0.303 e. The van der Waals surface area contributed by atoms with Crippen LogP contribution < -0.4 is 4.74 Å². The van der Waals surface area contributed by atoms with Crippen molar-refractivity contribution in [3.8, 4) is 5.75 Å². The van der Waals surface area contributed by atoms with E-state index in [1.165, 1.54) is 18.4 Å². The Kier molecular flexibility index (Phi) is 8.96. The number of unbranched alkanes of at least 4 members (excludes halogenated alkanes) is 2. The number of carbonyl (C=O) groups is 2. The predicted molar refractivity (Wildman–Crippen MR) is 123 cm³/mol. The summed E-state index contributed by atoms with van der Waals surface area (Å²) in [5, 5.41) is 8.71. The van der Waals surface area contributed by atoms with Gasteiger partial charge in [0.25, 0.3) is 5.91 Å². The monoisotopic (exact) mass is 504 g/mol. The fourth-order valence-corrected chi connectivity index (χ4v) is 4.64. The van der Waals surface area contributed by atoms with Crippen LogP contribution in [0.4, 0.5) is 4.39 Å². The molecule has 11 heteroatoms. The second kappa shape index (κ2) is 12.1. The van der Waals surface area contributed by atoms with E-state index in [2.05, 4.69) is 4.98 Å². The van der Waals surface area contributed by atoms with Gasteiger partial charge in [-0.15, -0.1) is 0 Å². The number of pyridine rings is 1. The SMILES string of the molecule is O=C(O)CCCCCOc1ccccc1CN(C(=O)c1ccc(F)nc1)S(=O)(=O)Cc1ccco1. The Morgan fingerprint density at radius 1 is 1.06 bits per heavy atom. The number of carboxylic acid groups (broad SMARTS) is 1. The van der Waals surface area contributed by atoms with Crippen LogP contribution in [0.15, 0.2) is 65.4 Å². The molecule has 3 aromatic rings. The number of ether oxygens (including phenoxy) is 1. The first-order chi connectivity index (χ1) is 16.8. The molecule has 1 N–H and O–H groups in total. The Balaban J connectivity index is 1.80. The Morgan fingerprint density at radius 3 is 2.54 bits per heavy atom. The zero-order valence-electron chi connectivity index (χ0n) is 18.8. The molecule has 2 heterocycles. The number of nitrogens with zero attached hydrogens (tertiary/aromatic N) is 2. The van der Waals surface area contributed by atoms with Crippen LogP contribution in [-0.4, -0.2) is 41.3 Å². The van der Waals surface area contributed by atoms with E-state index in [1.54, 1.807) is 30.3 Å². The van der Waals surface area contributed by atoms with E-state index in [4.69, 9.17) is 14.3 Å². The maximum absolute atomic E-state index is 13.3. The van der Waals surface area contributed by atoms with E-state index in [0.29, 0.717) is 41.5 Å². The quantitative estimate of drug-likeness (QED) is 0.273. The number of halogens is 1. The first kappa shape index (κ1) is 25.9. The van der Waals surface area contributed by atoms with Gasteiger partial charge in [-0.1, -0.05) is 18.2 Å². The van der Waals surface area contributed by atoms with E-state index >= 15 is 0 Å². The summed E-state index contributed by atoms with van der Waals surface area (Å²) in [6.07, 6.45) is 4.20. The summed E-state index contributed by atoms with van der Waals surface area (Å²) in [6, 6.07) is 11.9. The largest absolute Gasteiger partial charge is 0.493 e. The molecule has 1 aromatic carbocycles. The number of rotatable bonds is 13. The van der Waals surface area contributed by atoms with Crippen LogP contribution in [0.25, 0.3) is 0 Å². The van der Waals surface area contributed by atoms with Gasteiger partial charge in [-0.2, -0.15) is 4.39 Å². The predicted octanol–water partition coefficient (Wildman–Crippen LogP) is 4.01. The highest BCUT2D eigenvalue weighted by Gasteiger charge is 2.31. The standard InChI is InChI=1S/C24H25FN2O7S/c25-22-12-11-18(15-26-22)24(30)27(35(31,32)17-20-8-6-14-33-20)16-19-7-3-4-9-21(19)34-13-5-1-2-10-23(28)29/h3-4,6-9,11-12,14-15H,1-2,5,10,13,16-17H2,(H,28,29). The molecule has 186 valence electrons. The molecule has 3 rings (SSSR count). The summed E-state index contributed by atoms with van der Waals surface area (Å²) in [6.45, 7) is -0.0277. The lowest BCUT2D eigenvalue weighted by atomic mass is 10.2. The van der Waals surface area contributed by atoms with Gasteiger partial charge in [0.05, 0.1) is 25.0 Å². The van der Waals surface area contributed by atoms with Gasteiger partial charge >= 0.3 is 5.97 Å². The first-order valence-corrected chi connectivity index (χ1v) is 12.5. The van der Waals surface area contributed by atoms with E-state index in [9.17, 15) is 22.4 Å². The number of hydrogen-bond donors (Lipinski definition) is 1. The molecule has 2 aromatic heterocycles. The van der Waals surface area contributed by atoms with E-state index in [-0.39, 0.29) is 24.3 Å². The minimum absolute atomic E-state index is 0.0828. The van der Waals surface area contributed by atoms with Crippen molar-refractivity contribution < 1.29 is 36.7 Å². The molecule has 0 unspecified atom stereocenters. The molecule has 0 atom stereocenters. The third-order valence-electron chi connectivity index (χ3n) is 5.02. The highest BCUT2D eigenvalue weighted by atomic mass is 32.2. The van der Waals surface area contributed by atoms with Crippen LogP contribution in [0.5, 0.6) is 5.75 Å². The fraction of sp³-hybridized carbons (Fsp3) is 0.292. The minimum atomic E-state index is -4.20. The average molecular weight is 505 g/mol. The van der Waals surface area contributed by atoms with E-state index in [1.807, 2.05) is 0 Å². The number of para-hydroxylation sites is 1. The van der Waals surface area contributed by atoms with Gasteiger partial charge in [0.1, 0.15) is 17.3 Å². The van der Waals surface area contributed by atoms with Crippen molar-refractivity contribution >= 4 is 21.9 Å². The van der Waals surface area contributed by atoms with Gasteiger partial charge in [-0.25, -0.2) is 17.7 Å². The highest BCUT2D eigenvalue weighted by molar-refractivity contribution is 7.88. The first-order valence-electron chi connectivity index (χ1n) is 10.9. The normalized spacial score (nSPS) is 11.2. The number of carboxylic acids is 1. The fourth-order valence-electron chi connectivity index (χ4n) is 3.26. The van der Waals surface area contributed by atoms with Crippen molar-refractivity contribution in [3.63, 3.8) is 0 Å². The minimum Gasteiger partial charge on any atom is -0.493 e. The van der Waals surface area contributed by atoms with E-state index in [0.717, 1.165) is 12.3 Å². The number of aromatic nitrogens is 1. The van der Waals surface area contributed by atoms with Crippen molar-refractivity contribution in [1.29, 1.82) is 0 Å². The molecular weight excluding hydrogens is 479 g/mol. The molecule has 9 nitrogen and oxygen atoms in total. The van der Waals surface area contributed by atoms with Crippen LogP contribution >= 0.6 is 0 Å². The second-order valence-corrected chi connectivity index (χ2v) is 9.57. The Bertz CT molecular complexity index is 1230. The molecule has 0 bridgehead atoms. The molecule has 0 saturated heterocycles. The van der Waals surface area contributed by atoms with Crippen molar-refractivity contribution in [3.05, 3.63) is 83.8 Å².